The second kappa shape index (κ2) is 17.0. The number of aromatic nitrogens is 1. The van der Waals surface area contributed by atoms with Crippen molar-refractivity contribution in [2.24, 2.45) is 0 Å². The van der Waals surface area contributed by atoms with Crippen LogP contribution in [0.4, 0.5) is 0 Å². The van der Waals surface area contributed by atoms with Crippen LogP contribution in [-0.2, 0) is 22.6 Å². The Morgan fingerprint density at radius 1 is 0.970 bits per heavy atom. The minimum absolute atomic E-state index is 0.250. The number of ether oxygens (including phenoxy) is 3. The van der Waals surface area contributed by atoms with Crippen LogP contribution < -0.4 is 9.47 Å². The van der Waals surface area contributed by atoms with E-state index in [1.165, 1.54) is 5.56 Å². The van der Waals surface area contributed by atoms with Crippen molar-refractivity contribution in [1.82, 2.24) is 4.98 Å². The van der Waals surface area contributed by atoms with Crippen molar-refractivity contribution >= 4 is 12.0 Å². The van der Waals surface area contributed by atoms with Crippen LogP contribution in [0.2, 0.25) is 0 Å². The van der Waals surface area contributed by atoms with E-state index in [9.17, 15) is 0 Å². The molecule has 3 rings (SSSR count). The van der Waals surface area contributed by atoms with E-state index in [2.05, 4.69) is 35.4 Å². The van der Waals surface area contributed by atoms with Gasteiger partial charge >= 0.3 is 0 Å². The Bertz CT molecular complexity index is 910. The summed E-state index contributed by atoms with van der Waals surface area (Å²) in [5.74, 6) is 1.45. The van der Waals surface area contributed by atoms with Gasteiger partial charge in [-0.2, -0.15) is 0 Å². The lowest BCUT2D eigenvalue weighted by atomic mass is 10.1. The van der Waals surface area contributed by atoms with Gasteiger partial charge in [0.05, 0.1) is 0 Å². The number of nitrogens with zero attached hydrogens (tertiary/aromatic N) is 1. The van der Waals surface area contributed by atoms with E-state index in [0.29, 0.717) is 19.1 Å². The van der Waals surface area contributed by atoms with Gasteiger partial charge in [-0.15, -0.1) is 0 Å². The highest BCUT2D eigenvalue weighted by atomic mass is 16.5. The third-order valence-electron chi connectivity index (χ3n) is 4.24. The number of aryl methyl sites for hydroxylation is 1. The molecule has 0 unspecified atom stereocenters. The summed E-state index contributed by atoms with van der Waals surface area (Å²) in [6.07, 6.45) is 4.04. The first-order valence-electron chi connectivity index (χ1n) is 10.6. The molecule has 0 spiro atoms. The summed E-state index contributed by atoms with van der Waals surface area (Å²) in [6.45, 7) is 6.90. The number of carboxylic acid groups (broad SMARTS) is 1. The Morgan fingerprint density at radius 3 is 2.12 bits per heavy atom. The standard InChI is InChI=1S/C24H25NO2.C2H6O.CH2O2/c1-3-7-20-10-13-23(14-11-20)26-18-21-12-15-24(25-16-21)27-17-19(2)22-8-5-4-6-9-22;1-3-2;2-1-3/h4-6,8-16H,2-3,7,17-18H2,1H3;1-2H3;1H,(H,2,3). The molecule has 0 fully saturated rings. The van der Waals surface area contributed by atoms with Crippen molar-refractivity contribution in [1.29, 1.82) is 0 Å². The zero-order valence-corrected chi connectivity index (χ0v) is 19.6. The lowest BCUT2D eigenvalue weighted by molar-refractivity contribution is -0.122. The van der Waals surface area contributed by atoms with E-state index >= 15 is 0 Å². The Morgan fingerprint density at radius 2 is 1.58 bits per heavy atom. The molecule has 0 radical (unpaired) electrons. The summed E-state index contributed by atoms with van der Waals surface area (Å²) in [4.78, 5) is 12.7. The zero-order chi connectivity index (χ0) is 24.3. The lowest BCUT2D eigenvalue weighted by Gasteiger charge is -2.10. The number of hydrogen-bond donors (Lipinski definition) is 1. The zero-order valence-electron chi connectivity index (χ0n) is 19.6. The number of rotatable bonds is 9. The number of pyridine rings is 1. The van der Waals surface area contributed by atoms with Crippen LogP contribution in [0.1, 0.15) is 30.0 Å². The predicted molar refractivity (Wildman–Crippen MR) is 132 cm³/mol. The van der Waals surface area contributed by atoms with Crippen LogP contribution >= 0.6 is 0 Å². The monoisotopic (exact) mass is 451 g/mol. The molecular weight excluding hydrogens is 418 g/mol. The van der Waals surface area contributed by atoms with Crippen molar-refractivity contribution in [3.05, 3.63) is 96.2 Å². The van der Waals surface area contributed by atoms with E-state index < -0.39 is 0 Å². The Labute approximate surface area is 196 Å². The van der Waals surface area contributed by atoms with Crippen molar-refractivity contribution in [2.45, 2.75) is 26.4 Å². The molecule has 0 amide bonds. The molecular formula is C27H33NO5. The van der Waals surface area contributed by atoms with Gasteiger partial charge in [-0.05, 0) is 41.3 Å². The van der Waals surface area contributed by atoms with Gasteiger partial charge in [0.15, 0.2) is 0 Å². The molecule has 6 nitrogen and oxygen atoms in total. The molecule has 0 saturated carbocycles. The molecule has 1 N–H and O–H groups in total. The van der Waals surface area contributed by atoms with Crippen LogP contribution in [-0.4, -0.2) is 37.4 Å². The summed E-state index contributed by atoms with van der Waals surface area (Å²) in [6, 6.07) is 22.1. The van der Waals surface area contributed by atoms with Gasteiger partial charge < -0.3 is 19.3 Å². The maximum atomic E-state index is 8.36. The number of methoxy groups -OCH3 is 1. The van der Waals surface area contributed by atoms with E-state index in [4.69, 9.17) is 19.4 Å². The quantitative estimate of drug-likeness (QED) is 0.423. The molecule has 6 heteroatoms. The van der Waals surface area contributed by atoms with Crippen LogP contribution in [0.25, 0.3) is 5.57 Å². The molecule has 1 heterocycles. The fourth-order valence-corrected chi connectivity index (χ4v) is 2.71. The Kier molecular flexibility index (Phi) is 14.1. The van der Waals surface area contributed by atoms with Crippen molar-refractivity contribution in [3.63, 3.8) is 0 Å². The van der Waals surface area contributed by atoms with Gasteiger partial charge in [0.25, 0.3) is 6.47 Å². The van der Waals surface area contributed by atoms with Crippen LogP contribution in [0.5, 0.6) is 11.6 Å². The predicted octanol–water partition coefficient (Wildman–Crippen LogP) is 5.67. The minimum Gasteiger partial charge on any atom is -0.489 e. The number of carbonyl (C=O) groups is 1. The second-order valence-corrected chi connectivity index (χ2v) is 6.96. The van der Waals surface area contributed by atoms with Crippen LogP contribution in [0, 0.1) is 0 Å². The van der Waals surface area contributed by atoms with Crippen molar-refractivity contribution in [3.8, 4) is 11.6 Å². The van der Waals surface area contributed by atoms with Gasteiger partial charge in [-0.1, -0.05) is 62.4 Å². The third kappa shape index (κ3) is 11.5. The molecule has 0 aliphatic heterocycles. The first-order valence-corrected chi connectivity index (χ1v) is 10.6. The van der Waals surface area contributed by atoms with Gasteiger partial charge in [0, 0.05) is 32.0 Å². The smallest absolute Gasteiger partial charge is 0.290 e. The molecule has 0 aliphatic carbocycles. The molecule has 0 aliphatic rings. The maximum Gasteiger partial charge on any atom is 0.290 e. The topological polar surface area (TPSA) is 77.9 Å². The van der Waals surface area contributed by atoms with Crippen molar-refractivity contribution < 1.29 is 24.1 Å². The summed E-state index contributed by atoms with van der Waals surface area (Å²) in [5, 5.41) is 6.89. The van der Waals surface area contributed by atoms with E-state index in [1.807, 2.05) is 54.6 Å². The number of benzene rings is 2. The maximum absolute atomic E-state index is 8.36. The highest BCUT2D eigenvalue weighted by Gasteiger charge is 2.02. The van der Waals surface area contributed by atoms with Gasteiger partial charge in [-0.25, -0.2) is 4.98 Å². The normalized spacial score (nSPS) is 9.42. The molecule has 33 heavy (non-hydrogen) atoms. The highest BCUT2D eigenvalue weighted by Crippen LogP contribution is 2.17. The molecule has 0 atom stereocenters. The van der Waals surface area contributed by atoms with E-state index in [1.54, 1.807) is 20.4 Å². The lowest BCUT2D eigenvalue weighted by Crippen LogP contribution is -2.02. The van der Waals surface area contributed by atoms with Crippen molar-refractivity contribution in [2.75, 3.05) is 20.8 Å². The summed E-state index contributed by atoms with van der Waals surface area (Å²) in [7, 11) is 3.25. The minimum atomic E-state index is -0.250. The summed E-state index contributed by atoms with van der Waals surface area (Å²) >= 11 is 0. The molecule has 3 aromatic rings. The largest absolute Gasteiger partial charge is 0.489 e. The molecule has 176 valence electrons. The fraction of sp³-hybridized carbons (Fsp3) is 0.259. The van der Waals surface area contributed by atoms with E-state index in [-0.39, 0.29) is 6.47 Å². The van der Waals surface area contributed by atoms with Gasteiger partial charge in [-0.3, -0.25) is 4.79 Å². The Hall–Kier alpha value is -3.64. The first-order chi connectivity index (χ1) is 16.1. The van der Waals surface area contributed by atoms with E-state index in [0.717, 1.165) is 35.3 Å². The molecule has 2 aromatic carbocycles. The van der Waals surface area contributed by atoms with Gasteiger partial charge in [0.1, 0.15) is 19.0 Å². The summed E-state index contributed by atoms with van der Waals surface area (Å²) < 4.78 is 15.8. The van der Waals surface area contributed by atoms with Crippen LogP contribution in [0.15, 0.2) is 79.5 Å². The Balaban J connectivity index is 0.000000819. The van der Waals surface area contributed by atoms with Crippen LogP contribution in [0.3, 0.4) is 0 Å². The average molecular weight is 452 g/mol. The highest BCUT2D eigenvalue weighted by molar-refractivity contribution is 5.64. The molecule has 1 aromatic heterocycles. The number of hydrogen-bond acceptors (Lipinski definition) is 5. The fourth-order valence-electron chi connectivity index (χ4n) is 2.71. The first kappa shape index (κ1) is 27.4. The third-order valence-corrected chi connectivity index (χ3v) is 4.24. The van der Waals surface area contributed by atoms with Gasteiger partial charge in [0.2, 0.25) is 5.88 Å². The average Bonchev–Trinajstić information content (AvgIpc) is 2.84. The SMILES string of the molecule is C=C(COc1ccc(COc2ccc(CCC)cc2)cn1)c1ccccc1.COC.O=CO. The summed E-state index contributed by atoms with van der Waals surface area (Å²) in [5.41, 5.74) is 4.34. The second-order valence-electron chi connectivity index (χ2n) is 6.96. The molecule has 0 saturated heterocycles. The molecule has 0 bridgehead atoms.